The van der Waals surface area contributed by atoms with Crippen molar-refractivity contribution in [2.75, 3.05) is 0 Å². The molecule has 0 radical (unpaired) electrons. The Morgan fingerprint density at radius 2 is 1.56 bits per heavy atom. The van der Waals surface area contributed by atoms with E-state index in [0.717, 1.165) is 5.56 Å². The summed E-state index contributed by atoms with van der Waals surface area (Å²) in [4.78, 5) is 26.2. The summed E-state index contributed by atoms with van der Waals surface area (Å²) in [7, 11) is 0. The Morgan fingerprint density at radius 3 is 2.19 bits per heavy atom. The third-order valence-electron chi connectivity index (χ3n) is 5.97. The quantitative estimate of drug-likeness (QED) is 0.616. The highest BCUT2D eigenvalue weighted by molar-refractivity contribution is 6.32. The van der Waals surface area contributed by atoms with Gasteiger partial charge in [-0.15, -0.1) is 0 Å². The average Bonchev–Trinajstić information content (AvgIpc) is 3.33. The van der Waals surface area contributed by atoms with E-state index in [1.165, 1.54) is 0 Å². The number of benzene rings is 2. The molecule has 4 atom stereocenters. The maximum absolute atomic E-state index is 13.1. The molecule has 3 aliphatic rings. The van der Waals surface area contributed by atoms with Crippen molar-refractivity contribution in [2.45, 2.75) is 50.0 Å². The maximum Gasteiger partial charge on any atom is 0.203 e. The minimum Gasteiger partial charge on any atom is -0.361 e. The highest BCUT2D eigenvalue weighted by Crippen LogP contribution is 2.55. The molecule has 2 heterocycles. The van der Waals surface area contributed by atoms with Crippen LogP contribution in [0.25, 0.3) is 0 Å². The van der Waals surface area contributed by atoms with Gasteiger partial charge in [0.05, 0.1) is 12.2 Å². The molecule has 2 aromatic carbocycles. The monoisotopic (exact) mass is 364 g/mol. The molecule has 0 aromatic heterocycles. The zero-order chi connectivity index (χ0) is 18.8. The van der Waals surface area contributed by atoms with Crippen molar-refractivity contribution in [1.29, 1.82) is 0 Å². The van der Waals surface area contributed by atoms with E-state index in [0.29, 0.717) is 11.1 Å². The summed E-state index contributed by atoms with van der Waals surface area (Å²) in [5.41, 5.74) is -0.341. The van der Waals surface area contributed by atoms with Gasteiger partial charge in [0.15, 0.2) is 11.9 Å². The largest absolute Gasteiger partial charge is 0.361 e. The fraction of sp³-hybridized carbons (Fsp3) is 0.364. The van der Waals surface area contributed by atoms with Crippen molar-refractivity contribution in [1.82, 2.24) is 0 Å². The van der Waals surface area contributed by atoms with Gasteiger partial charge >= 0.3 is 0 Å². The van der Waals surface area contributed by atoms with Crippen molar-refractivity contribution in [2.24, 2.45) is 0 Å². The van der Waals surface area contributed by atoms with Crippen LogP contribution in [0.15, 0.2) is 54.6 Å². The summed E-state index contributed by atoms with van der Waals surface area (Å²) in [6.45, 7) is 3.83. The number of fused-ring (bicyclic) bond motifs is 2. The van der Waals surface area contributed by atoms with Gasteiger partial charge in [0.2, 0.25) is 11.6 Å². The fourth-order valence-corrected chi connectivity index (χ4v) is 4.19. The first-order chi connectivity index (χ1) is 13.0. The molecule has 1 aliphatic carbocycles. The standard InChI is InChI=1S/C22H20O5/c1-13(14-8-4-3-5-9-14)25-20-21(2)17(26-21)12-22(27-20)18(23)15-10-6-7-11-16(15)19(22)24/h3-11,13,17,20H,12H2,1-2H3/t13-,17+,20+,21+/m1/s1. The van der Waals surface area contributed by atoms with Gasteiger partial charge in [0.25, 0.3) is 0 Å². The van der Waals surface area contributed by atoms with E-state index in [-0.39, 0.29) is 30.2 Å². The van der Waals surface area contributed by atoms with Crippen molar-refractivity contribution in [3.63, 3.8) is 0 Å². The van der Waals surface area contributed by atoms with Crippen LogP contribution in [0.5, 0.6) is 0 Å². The Balaban J connectivity index is 1.47. The number of hydrogen-bond acceptors (Lipinski definition) is 5. The molecular weight excluding hydrogens is 344 g/mol. The summed E-state index contributed by atoms with van der Waals surface area (Å²) in [5.74, 6) is -0.580. The lowest BCUT2D eigenvalue weighted by atomic mass is 9.85. The summed E-state index contributed by atoms with van der Waals surface area (Å²) in [5, 5.41) is 0. The molecule has 2 aliphatic heterocycles. The normalized spacial score (nSPS) is 31.5. The zero-order valence-electron chi connectivity index (χ0n) is 15.2. The van der Waals surface area contributed by atoms with E-state index >= 15 is 0 Å². The van der Waals surface area contributed by atoms with Crippen molar-refractivity contribution in [3.05, 3.63) is 71.3 Å². The van der Waals surface area contributed by atoms with Crippen LogP contribution < -0.4 is 0 Å². The number of epoxide rings is 1. The number of hydrogen-bond donors (Lipinski definition) is 0. The van der Waals surface area contributed by atoms with Gasteiger partial charge in [-0.1, -0.05) is 54.6 Å². The molecule has 138 valence electrons. The molecule has 5 nitrogen and oxygen atoms in total. The molecule has 0 bridgehead atoms. The summed E-state index contributed by atoms with van der Waals surface area (Å²) in [6.07, 6.45) is -1.06. The predicted molar refractivity (Wildman–Crippen MR) is 96.5 cm³/mol. The Hall–Kier alpha value is -2.34. The first kappa shape index (κ1) is 16.8. The lowest BCUT2D eigenvalue weighted by Gasteiger charge is -2.37. The van der Waals surface area contributed by atoms with Crippen LogP contribution >= 0.6 is 0 Å². The molecule has 5 heteroatoms. The highest BCUT2D eigenvalue weighted by atomic mass is 16.8. The summed E-state index contributed by atoms with van der Waals surface area (Å²) in [6, 6.07) is 16.6. The van der Waals surface area contributed by atoms with Crippen LogP contribution in [0.3, 0.4) is 0 Å². The van der Waals surface area contributed by atoms with Gasteiger partial charge in [0.1, 0.15) is 5.60 Å². The van der Waals surface area contributed by atoms with Crippen LogP contribution in [-0.4, -0.2) is 35.2 Å². The molecule has 27 heavy (non-hydrogen) atoms. The van der Waals surface area contributed by atoms with Gasteiger partial charge in [-0.05, 0) is 19.4 Å². The SMILES string of the molecule is C[C@@H](O[C@H]1OC2(C[C@@H]3O[C@]13C)C(=O)c1ccccc1C2=O)c1ccccc1. The second kappa shape index (κ2) is 5.58. The molecular formula is C22H20O5. The number of rotatable bonds is 3. The van der Waals surface area contributed by atoms with Gasteiger partial charge in [-0.3, -0.25) is 9.59 Å². The van der Waals surface area contributed by atoms with Gasteiger partial charge < -0.3 is 14.2 Å². The van der Waals surface area contributed by atoms with E-state index in [1.807, 2.05) is 44.2 Å². The Bertz CT molecular complexity index is 902. The van der Waals surface area contributed by atoms with E-state index in [4.69, 9.17) is 14.2 Å². The third-order valence-corrected chi connectivity index (χ3v) is 5.97. The number of ketones is 2. The summed E-state index contributed by atoms with van der Waals surface area (Å²) >= 11 is 0. The molecule has 0 unspecified atom stereocenters. The Labute approximate surface area is 157 Å². The van der Waals surface area contributed by atoms with E-state index in [2.05, 4.69) is 0 Å². The van der Waals surface area contributed by atoms with Crippen LogP contribution in [0.4, 0.5) is 0 Å². The molecule has 0 saturated carbocycles. The van der Waals surface area contributed by atoms with E-state index < -0.39 is 17.5 Å². The van der Waals surface area contributed by atoms with Gasteiger partial charge in [-0.25, -0.2) is 0 Å². The van der Waals surface area contributed by atoms with Crippen LogP contribution in [0.1, 0.15) is 52.7 Å². The first-order valence-corrected chi connectivity index (χ1v) is 9.20. The smallest absolute Gasteiger partial charge is 0.203 e. The lowest BCUT2D eigenvalue weighted by molar-refractivity contribution is -0.234. The molecule has 2 aromatic rings. The second-order valence-corrected chi connectivity index (χ2v) is 7.66. The van der Waals surface area contributed by atoms with Crippen molar-refractivity contribution >= 4 is 11.6 Å². The molecule has 0 amide bonds. The number of carbonyl (C=O) groups excluding carboxylic acids is 2. The van der Waals surface area contributed by atoms with Crippen molar-refractivity contribution in [3.8, 4) is 0 Å². The maximum atomic E-state index is 13.1. The predicted octanol–water partition coefficient (Wildman–Crippen LogP) is 3.49. The molecule has 0 N–H and O–H groups in total. The minimum atomic E-state index is -1.54. The molecule has 2 fully saturated rings. The van der Waals surface area contributed by atoms with Crippen LogP contribution in [-0.2, 0) is 14.2 Å². The van der Waals surface area contributed by atoms with Gasteiger partial charge in [0, 0.05) is 17.5 Å². The van der Waals surface area contributed by atoms with Crippen molar-refractivity contribution < 1.29 is 23.8 Å². The molecule has 1 spiro atoms. The summed E-state index contributed by atoms with van der Waals surface area (Å²) < 4.78 is 18.2. The third kappa shape index (κ3) is 2.29. The fourth-order valence-electron chi connectivity index (χ4n) is 4.19. The minimum absolute atomic E-state index is 0.232. The average molecular weight is 364 g/mol. The highest BCUT2D eigenvalue weighted by Gasteiger charge is 2.72. The second-order valence-electron chi connectivity index (χ2n) is 7.66. The number of Topliss-reactive ketones (excluding diaryl/α,β-unsaturated/α-hetero) is 2. The van der Waals surface area contributed by atoms with Crippen LogP contribution in [0.2, 0.25) is 0 Å². The van der Waals surface area contributed by atoms with Gasteiger partial charge in [-0.2, -0.15) is 0 Å². The topological polar surface area (TPSA) is 65.1 Å². The Kier molecular flexibility index (Phi) is 3.47. The van der Waals surface area contributed by atoms with Crippen LogP contribution in [0, 0.1) is 0 Å². The van der Waals surface area contributed by atoms with E-state index in [1.54, 1.807) is 24.3 Å². The number of carbonyl (C=O) groups is 2. The number of ether oxygens (including phenoxy) is 3. The first-order valence-electron chi connectivity index (χ1n) is 9.20. The molecule has 2 saturated heterocycles. The Morgan fingerprint density at radius 1 is 0.963 bits per heavy atom. The molecule has 5 rings (SSSR count). The zero-order valence-corrected chi connectivity index (χ0v) is 15.2. The lowest BCUT2D eigenvalue weighted by Crippen LogP contribution is -2.56. The van der Waals surface area contributed by atoms with E-state index in [9.17, 15) is 9.59 Å².